The molecule has 0 aromatic heterocycles. The Bertz CT molecular complexity index is 415. The van der Waals surface area contributed by atoms with Crippen LogP contribution in [0.2, 0.25) is 0 Å². The molecule has 0 spiro atoms. The molecule has 3 nitrogen and oxygen atoms in total. The maximum atomic E-state index is 11.7. The molecule has 0 heterocycles. The molecule has 0 fully saturated rings. The lowest BCUT2D eigenvalue weighted by molar-refractivity contribution is 0.569. The summed E-state index contributed by atoms with van der Waals surface area (Å²) in [7, 11) is -3.35. The van der Waals surface area contributed by atoms with Gasteiger partial charge < -0.3 is 0 Å². The van der Waals surface area contributed by atoms with Crippen LogP contribution in [-0.4, -0.2) is 14.5 Å². The van der Waals surface area contributed by atoms with Gasteiger partial charge in [-0.15, -0.1) is 0 Å². The van der Waals surface area contributed by atoms with Gasteiger partial charge in [-0.05, 0) is 48.6 Å². The fraction of sp³-hybridized carbons (Fsp3) is 0.333. The summed E-state index contributed by atoms with van der Waals surface area (Å²) in [4.78, 5) is 0.342. The van der Waals surface area contributed by atoms with Gasteiger partial charge in [-0.25, -0.2) is 13.1 Å². The van der Waals surface area contributed by atoms with E-state index in [2.05, 4.69) is 4.72 Å². The maximum Gasteiger partial charge on any atom is 0.241 e. The van der Waals surface area contributed by atoms with E-state index in [1.807, 2.05) is 28.7 Å². The summed E-state index contributed by atoms with van der Waals surface area (Å²) in [6, 6.07) is 6.82. The van der Waals surface area contributed by atoms with Crippen LogP contribution in [0.15, 0.2) is 29.2 Å². The third-order valence-electron chi connectivity index (χ3n) is 1.52. The molecule has 0 unspecified atom stereocenters. The predicted molar refractivity (Wildman–Crippen MR) is 64.6 cm³/mol. The Morgan fingerprint density at radius 2 is 1.86 bits per heavy atom. The number of benzene rings is 1. The smallest absolute Gasteiger partial charge is 0.209 e. The molecule has 0 aliphatic heterocycles. The third kappa shape index (κ3) is 2.93. The summed E-state index contributed by atoms with van der Waals surface area (Å²) in [6.45, 7) is 3.60. The van der Waals surface area contributed by atoms with Crippen LogP contribution in [0.25, 0.3) is 0 Å². The number of nitrogens with one attached hydrogen (secondary N) is 1. The summed E-state index contributed by atoms with van der Waals surface area (Å²) in [5.41, 5.74) is 0. The highest BCUT2D eigenvalue weighted by atomic mass is 127. The van der Waals surface area contributed by atoms with Gasteiger partial charge in [0.25, 0.3) is 0 Å². The Hall–Kier alpha value is -0.140. The van der Waals surface area contributed by atoms with E-state index in [1.54, 1.807) is 32.0 Å². The first-order chi connectivity index (χ1) is 6.43. The standard InChI is InChI=1S/C9H12INO2S/c1-7(2)11-14(12,13)9-6-4-3-5-8(9)10/h3-7,11H,1-2H3. The number of rotatable bonds is 3. The largest absolute Gasteiger partial charge is 0.241 e. The van der Waals surface area contributed by atoms with Gasteiger partial charge in [-0.2, -0.15) is 0 Å². The number of hydrogen-bond donors (Lipinski definition) is 1. The van der Waals surface area contributed by atoms with Crippen molar-refractivity contribution in [1.82, 2.24) is 4.72 Å². The summed E-state index contributed by atoms with van der Waals surface area (Å²) >= 11 is 2.01. The minimum atomic E-state index is -3.35. The van der Waals surface area contributed by atoms with E-state index in [0.717, 1.165) is 3.57 Å². The van der Waals surface area contributed by atoms with Gasteiger partial charge in [-0.3, -0.25) is 0 Å². The van der Waals surface area contributed by atoms with Gasteiger partial charge in [0.05, 0.1) is 4.90 Å². The zero-order valence-electron chi connectivity index (χ0n) is 7.99. The zero-order valence-corrected chi connectivity index (χ0v) is 11.0. The van der Waals surface area contributed by atoms with Crippen LogP contribution in [0, 0.1) is 3.57 Å². The molecule has 0 saturated heterocycles. The van der Waals surface area contributed by atoms with Crippen molar-refractivity contribution in [2.24, 2.45) is 0 Å². The van der Waals surface area contributed by atoms with Gasteiger partial charge in [0.2, 0.25) is 10.0 Å². The molecule has 0 aliphatic rings. The maximum absolute atomic E-state index is 11.7. The summed E-state index contributed by atoms with van der Waals surface area (Å²) in [5.74, 6) is 0. The molecule has 1 aromatic rings. The molecular weight excluding hydrogens is 313 g/mol. The SMILES string of the molecule is CC(C)NS(=O)(=O)c1ccccc1I. The van der Waals surface area contributed by atoms with Crippen LogP contribution in [0.4, 0.5) is 0 Å². The molecule has 0 bridgehead atoms. The summed E-state index contributed by atoms with van der Waals surface area (Å²) in [6.07, 6.45) is 0. The molecule has 0 atom stereocenters. The highest BCUT2D eigenvalue weighted by Crippen LogP contribution is 2.17. The van der Waals surface area contributed by atoms with Gasteiger partial charge in [0.1, 0.15) is 0 Å². The highest BCUT2D eigenvalue weighted by molar-refractivity contribution is 14.1. The fourth-order valence-corrected chi connectivity index (χ4v) is 3.62. The Kier molecular flexibility index (Phi) is 3.91. The minimum absolute atomic E-state index is 0.0870. The van der Waals surface area contributed by atoms with Crippen LogP contribution in [-0.2, 0) is 10.0 Å². The molecule has 14 heavy (non-hydrogen) atoms. The summed E-state index contributed by atoms with van der Waals surface area (Å²) < 4.78 is 26.8. The molecule has 78 valence electrons. The third-order valence-corrected chi connectivity index (χ3v) is 4.54. The lowest BCUT2D eigenvalue weighted by Crippen LogP contribution is -2.30. The second-order valence-electron chi connectivity index (χ2n) is 3.21. The molecule has 0 aliphatic carbocycles. The van der Waals surface area contributed by atoms with Crippen molar-refractivity contribution in [2.45, 2.75) is 24.8 Å². The highest BCUT2D eigenvalue weighted by Gasteiger charge is 2.17. The van der Waals surface area contributed by atoms with Crippen LogP contribution in [0.5, 0.6) is 0 Å². The Morgan fingerprint density at radius 3 is 2.36 bits per heavy atom. The molecule has 5 heteroatoms. The molecule has 0 saturated carbocycles. The molecule has 1 N–H and O–H groups in total. The van der Waals surface area contributed by atoms with Crippen molar-refractivity contribution in [3.63, 3.8) is 0 Å². The van der Waals surface area contributed by atoms with Crippen molar-refractivity contribution < 1.29 is 8.42 Å². The molecule has 0 radical (unpaired) electrons. The van der Waals surface area contributed by atoms with E-state index in [9.17, 15) is 8.42 Å². The fourth-order valence-electron chi connectivity index (χ4n) is 1.04. The van der Waals surface area contributed by atoms with Gasteiger partial charge >= 0.3 is 0 Å². The molecule has 0 amide bonds. The normalized spacial score (nSPS) is 12.0. The number of hydrogen-bond acceptors (Lipinski definition) is 2. The minimum Gasteiger partial charge on any atom is -0.209 e. The van der Waals surface area contributed by atoms with Crippen LogP contribution in [0.3, 0.4) is 0 Å². The average Bonchev–Trinajstić information content (AvgIpc) is 2.02. The van der Waals surface area contributed by atoms with E-state index in [1.165, 1.54) is 0 Å². The number of halogens is 1. The van der Waals surface area contributed by atoms with E-state index in [0.29, 0.717) is 4.90 Å². The monoisotopic (exact) mass is 325 g/mol. The van der Waals surface area contributed by atoms with E-state index >= 15 is 0 Å². The zero-order chi connectivity index (χ0) is 10.8. The van der Waals surface area contributed by atoms with Crippen molar-refractivity contribution in [3.8, 4) is 0 Å². The predicted octanol–water partition coefficient (Wildman–Crippen LogP) is 1.98. The first-order valence-electron chi connectivity index (χ1n) is 4.20. The Labute approximate surface area is 98.1 Å². The lowest BCUT2D eigenvalue weighted by Gasteiger charge is -2.10. The molecular formula is C9H12INO2S. The van der Waals surface area contributed by atoms with E-state index in [-0.39, 0.29) is 6.04 Å². The number of sulfonamides is 1. The van der Waals surface area contributed by atoms with E-state index < -0.39 is 10.0 Å². The second-order valence-corrected chi connectivity index (χ2v) is 6.05. The summed E-state index contributed by atoms with van der Waals surface area (Å²) in [5, 5.41) is 0. The lowest BCUT2D eigenvalue weighted by atomic mass is 10.4. The van der Waals surface area contributed by atoms with Crippen molar-refractivity contribution in [1.29, 1.82) is 0 Å². The second kappa shape index (κ2) is 4.59. The first-order valence-corrected chi connectivity index (χ1v) is 6.76. The van der Waals surface area contributed by atoms with Crippen molar-refractivity contribution in [2.75, 3.05) is 0 Å². The van der Waals surface area contributed by atoms with E-state index in [4.69, 9.17) is 0 Å². The van der Waals surface area contributed by atoms with Crippen molar-refractivity contribution >= 4 is 32.6 Å². The Balaban J connectivity index is 3.11. The van der Waals surface area contributed by atoms with Gasteiger partial charge in [0.15, 0.2) is 0 Å². The van der Waals surface area contributed by atoms with Crippen LogP contribution in [0.1, 0.15) is 13.8 Å². The van der Waals surface area contributed by atoms with Crippen LogP contribution >= 0.6 is 22.6 Å². The average molecular weight is 325 g/mol. The van der Waals surface area contributed by atoms with Gasteiger partial charge in [-0.1, -0.05) is 12.1 Å². The Morgan fingerprint density at radius 1 is 1.29 bits per heavy atom. The first kappa shape index (κ1) is 11.9. The topological polar surface area (TPSA) is 46.2 Å². The quantitative estimate of drug-likeness (QED) is 0.864. The molecule has 1 aromatic carbocycles. The van der Waals surface area contributed by atoms with Crippen molar-refractivity contribution in [3.05, 3.63) is 27.8 Å². The van der Waals surface area contributed by atoms with Gasteiger partial charge in [0, 0.05) is 9.61 Å². The molecule has 1 rings (SSSR count). The van der Waals surface area contributed by atoms with Crippen LogP contribution < -0.4 is 4.72 Å².